The van der Waals surface area contributed by atoms with Crippen molar-refractivity contribution < 1.29 is 18.8 Å². The molecular formula is C12H13FN2O3. The lowest BCUT2D eigenvalue weighted by Gasteiger charge is -2.12. The van der Waals surface area contributed by atoms with Crippen LogP contribution in [0, 0.1) is 12.7 Å². The molecule has 1 N–H and O–H groups in total. The second-order valence-corrected chi connectivity index (χ2v) is 3.88. The van der Waals surface area contributed by atoms with Crippen molar-refractivity contribution in [3.05, 3.63) is 41.3 Å². The van der Waals surface area contributed by atoms with Gasteiger partial charge in [0.05, 0.1) is 6.10 Å². The molecule has 0 saturated heterocycles. The molecular weight excluding hydrogens is 239 g/mol. The molecule has 0 saturated carbocycles. The van der Waals surface area contributed by atoms with Gasteiger partial charge in [-0.15, -0.1) is 0 Å². The van der Waals surface area contributed by atoms with Crippen LogP contribution >= 0.6 is 0 Å². The Morgan fingerprint density at radius 3 is 2.89 bits per heavy atom. The van der Waals surface area contributed by atoms with Crippen molar-refractivity contribution in [3.63, 3.8) is 0 Å². The number of hydrogen-bond acceptors (Lipinski definition) is 5. The molecule has 0 radical (unpaired) electrons. The van der Waals surface area contributed by atoms with Gasteiger partial charge in [-0.05, 0) is 19.1 Å². The van der Waals surface area contributed by atoms with Crippen LogP contribution in [0.15, 0.2) is 22.7 Å². The molecule has 0 amide bonds. The Hall–Kier alpha value is -1.95. The molecule has 1 atom stereocenters. The quantitative estimate of drug-likeness (QED) is 0.902. The average Bonchev–Trinajstić information content (AvgIpc) is 2.72. The van der Waals surface area contributed by atoms with E-state index in [1.54, 1.807) is 13.8 Å². The van der Waals surface area contributed by atoms with Gasteiger partial charge in [0.15, 0.2) is 6.61 Å². The fourth-order valence-electron chi connectivity index (χ4n) is 1.52. The summed E-state index contributed by atoms with van der Waals surface area (Å²) >= 11 is 0. The third-order valence-electron chi connectivity index (χ3n) is 2.35. The van der Waals surface area contributed by atoms with E-state index < -0.39 is 11.9 Å². The van der Waals surface area contributed by atoms with Crippen molar-refractivity contribution in [2.75, 3.05) is 0 Å². The number of ether oxygens (including phenoxy) is 1. The van der Waals surface area contributed by atoms with Crippen molar-refractivity contribution in [2.24, 2.45) is 0 Å². The first-order chi connectivity index (χ1) is 8.56. The van der Waals surface area contributed by atoms with E-state index in [9.17, 15) is 9.50 Å². The maximum absolute atomic E-state index is 13.1. The zero-order valence-electron chi connectivity index (χ0n) is 10.1. The van der Waals surface area contributed by atoms with Crippen molar-refractivity contribution in [2.45, 2.75) is 26.6 Å². The molecule has 1 aromatic carbocycles. The van der Waals surface area contributed by atoms with Crippen LogP contribution in [-0.2, 0) is 6.61 Å². The van der Waals surface area contributed by atoms with E-state index in [1.165, 1.54) is 18.2 Å². The van der Waals surface area contributed by atoms with Gasteiger partial charge in [-0.2, -0.15) is 4.98 Å². The SMILES string of the molecule is Cc1nc(COc2cc(F)ccc2[C@@H](C)O)no1. The molecule has 1 heterocycles. The zero-order chi connectivity index (χ0) is 13.1. The lowest BCUT2D eigenvalue weighted by Crippen LogP contribution is -2.02. The summed E-state index contributed by atoms with van der Waals surface area (Å²) in [6.07, 6.45) is -0.743. The summed E-state index contributed by atoms with van der Waals surface area (Å²) in [5.74, 6) is 0.642. The van der Waals surface area contributed by atoms with Crippen LogP contribution in [0.4, 0.5) is 4.39 Å². The molecule has 0 spiro atoms. The fraction of sp³-hybridized carbons (Fsp3) is 0.333. The van der Waals surface area contributed by atoms with Gasteiger partial charge < -0.3 is 14.4 Å². The highest BCUT2D eigenvalue weighted by Gasteiger charge is 2.12. The van der Waals surface area contributed by atoms with Gasteiger partial charge in [0.1, 0.15) is 11.6 Å². The molecule has 5 nitrogen and oxygen atoms in total. The number of hydrogen-bond donors (Lipinski definition) is 1. The summed E-state index contributed by atoms with van der Waals surface area (Å²) < 4.78 is 23.3. The van der Waals surface area contributed by atoms with E-state index in [2.05, 4.69) is 10.1 Å². The summed E-state index contributed by atoms with van der Waals surface area (Å²) in [6, 6.07) is 3.97. The van der Waals surface area contributed by atoms with Crippen LogP contribution in [0.3, 0.4) is 0 Å². The second kappa shape index (κ2) is 5.14. The molecule has 2 aromatic rings. The minimum atomic E-state index is -0.743. The van der Waals surface area contributed by atoms with Gasteiger partial charge in [-0.3, -0.25) is 0 Å². The molecule has 0 aliphatic heterocycles. The number of aliphatic hydroxyl groups excluding tert-OH is 1. The number of rotatable bonds is 4. The van der Waals surface area contributed by atoms with Gasteiger partial charge in [0.25, 0.3) is 0 Å². The number of nitrogens with zero attached hydrogens (tertiary/aromatic N) is 2. The van der Waals surface area contributed by atoms with Crippen LogP contribution in [-0.4, -0.2) is 15.2 Å². The molecule has 0 bridgehead atoms. The van der Waals surface area contributed by atoms with E-state index in [-0.39, 0.29) is 12.4 Å². The van der Waals surface area contributed by atoms with Crippen LogP contribution in [0.5, 0.6) is 5.75 Å². The lowest BCUT2D eigenvalue weighted by molar-refractivity contribution is 0.189. The summed E-state index contributed by atoms with van der Waals surface area (Å²) in [4.78, 5) is 3.96. The standard InChI is InChI=1S/C12H13FN2O3/c1-7(16)10-4-3-9(13)5-11(10)17-6-12-14-8(2)18-15-12/h3-5,7,16H,6H2,1-2H3/t7-/m1/s1. The summed E-state index contributed by atoms with van der Waals surface area (Å²) in [5, 5.41) is 13.2. The molecule has 6 heteroatoms. The van der Waals surface area contributed by atoms with E-state index in [4.69, 9.17) is 9.26 Å². The van der Waals surface area contributed by atoms with Gasteiger partial charge >= 0.3 is 0 Å². The summed E-state index contributed by atoms with van der Waals surface area (Å²) in [6.45, 7) is 3.30. The van der Waals surface area contributed by atoms with E-state index in [1.807, 2.05) is 0 Å². The Morgan fingerprint density at radius 1 is 1.50 bits per heavy atom. The normalized spacial score (nSPS) is 12.4. The second-order valence-electron chi connectivity index (χ2n) is 3.88. The molecule has 0 unspecified atom stereocenters. The molecule has 0 aliphatic carbocycles. The molecule has 2 rings (SSSR count). The number of aliphatic hydroxyl groups is 1. The van der Waals surface area contributed by atoms with Crippen LogP contribution < -0.4 is 4.74 Å². The Balaban J connectivity index is 2.15. The third-order valence-corrected chi connectivity index (χ3v) is 2.35. The maximum Gasteiger partial charge on any atom is 0.223 e. The predicted octanol–water partition coefficient (Wildman–Crippen LogP) is 2.15. The van der Waals surface area contributed by atoms with E-state index >= 15 is 0 Å². The first kappa shape index (κ1) is 12.5. The number of aryl methyl sites for hydroxylation is 1. The first-order valence-electron chi connectivity index (χ1n) is 5.46. The Bertz CT molecular complexity index is 540. The number of halogens is 1. The van der Waals surface area contributed by atoms with E-state index in [0.29, 0.717) is 17.3 Å². The van der Waals surface area contributed by atoms with Crippen molar-refractivity contribution in [3.8, 4) is 5.75 Å². The maximum atomic E-state index is 13.1. The fourth-order valence-corrected chi connectivity index (χ4v) is 1.52. The van der Waals surface area contributed by atoms with Crippen LogP contribution in [0.1, 0.15) is 30.3 Å². The smallest absolute Gasteiger partial charge is 0.223 e. The molecule has 96 valence electrons. The predicted molar refractivity (Wildman–Crippen MR) is 60.4 cm³/mol. The average molecular weight is 252 g/mol. The van der Waals surface area contributed by atoms with Crippen LogP contribution in [0.25, 0.3) is 0 Å². The topological polar surface area (TPSA) is 68.4 Å². The highest BCUT2D eigenvalue weighted by molar-refractivity contribution is 5.35. The van der Waals surface area contributed by atoms with Crippen LogP contribution in [0.2, 0.25) is 0 Å². The van der Waals surface area contributed by atoms with Crippen molar-refractivity contribution in [1.82, 2.24) is 10.1 Å². The Kier molecular flexibility index (Phi) is 3.57. The van der Waals surface area contributed by atoms with E-state index in [0.717, 1.165) is 0 Å². The highest BCUT2D eigenvalue weighted by Crippen LogP contribution is 2.26. The largest absolute Gasteiger partial charge is 0.485 e. The van der Waals surface area contributed by atoms with Gasteiger partial charge in [-0.1, -0.05) is 5.16 Å². The van der Waals surface area contributed by atoms with Gasteiger partial charge in [0, 0.05) is 18.6 Å². The first-order valence-corrected chi connectivity index (χ1v) is 5.46. The molecule has 0 fully saturated rings. The Morgan fingerprint density at radius 2 is 2.28 bits per heavy atom. The summed E-state index contributed by atoms with van der Waals surface area (Å²) in [7, 11) is 0. The number of benzene rings is 1. The Labute approximate surface area is 103 Å². The van der Waals surface area contributed by atoms with Gasteiger partial charge in [-0.25, -0.2) is 4.39 Å². The highest BCUT2D eigenvalue weighted by atomic mass is 19.1. The monoisotopic (exact) mass is 252 g/mol. The summed E-state index contributed by atoms with van der Waals surface area (Å²) in [5.41, 5.74) is 0.511. The van der Waals surface area contributed by atoms with Crippen molar-refractivity contribution in [1.29, 1.82) is 0 Å². The molecule has 18 heavy (non-hydrogen) atoms. The minimum Gasteiger partial charge on any atom is -0.485 e. The minimum absolute atomic E-state index is 0.0561. The van der Waals surface area contributed by atoms with Crippen molar-refractivity contribution >= 4 is 0 Å². The third kappa shape index (κ3) is 2.84. The zero-order valence-corrected chi connectivity index (χ0v) is 10.1. The number of aromatic nitrogens is 2. The van der Waals surface area contributed by atoms with Gasteiger partial charge in [0.2, 0.25) is 11.7 Å². The molecule has 0 aliphatic rings. The molecule has 1 aromatic heterocycles. The lowest BCUT2D eigenvalue weighted by atomic mass is 10.1.